The van der Waals surface area contributed by atoms with Crippen molar-refractivity contribution in [2.45, 2.75) is 32.8 Å². The van der Waals surface area contributed by atoms with Crippen molar-refractivity contribution in [2.24, 2.45) is 5.92 Å². The average molecular weight is 265 g/mol. The molecule has 1 N–H and O–H groups in total. The van der Waals surface area contributed by atoms with Gasteiger partial charge in [-0.2, -0.15) is 0 Å². The summed E-state index contributed by atoms with van der Waals surface area (Å²) < 4.78 is 5.63. The van der Waals surface area contributed by atoms with Crippen LogP contribution in [0.1, 0.15) is 25.5 Å². The van der Waals surface area contributed by atoms with Gasteiger partial charge in [-0.3, -0.25) is 10.1 Å². The van der Waals surface area contributed by atoms with Crippen molar-refractivity contribution in [3.8, 4) is 0 Å². The number of nitrogens with one attached hydrogen (secondary N) is 1. The van der Waals surface area contributed by atoms with Crippen molar-refractivity contribution in [2.75, 3.05) is 18.5 Å². The molecule has 1 aromatic heterocycles. The number of hydrogen-bond acceptors (Lipinski definition) is 5. The zero-order valence-electron chi connectivity index (χ0n) is 11.3. The van der Waals surface area contributed by atoms with Gasteiger partial charge in [-0.05, 0) is 25.8 Å². The van der Waals surface area contributed by atoms with E-state index >= 15 is 0 Å². The first-order valence-corrected chi connectivity index (χ1v) is 6.59. The Kier molecular flexibility index (Phi) is 4.31. The Labute approximate surface area is 112 Å². The Morgan fingerprint density at radius 1 is 1.58 bits per heavy atom. The van der Waals surface area contributed by atoms with E-state index in [4.69, 9.17) is 4.74 Å². The predicted molar refractivity (Wildman–Crippen MR) is 72.3 cm³/mol. The van der Waals surface area contributed by atoms with E-state index < -0.39 is 4.92 Å². The fourth-order valence-electron chi connectivity index (χ4n) is 2.46. The number of aromatic nitrogens is 1. The summed E-state index contributed by atoms with van der Waals surface area (Å²) in [5.74, 6) is 1.17. The van der Waals surface area contributed by atoms with Crippen LogP contribution in [0.25, 0.3) is 0 Å². The van der Waals surface area contributed by atoms with Gasteiger partial charge in [0.1, 0.15) is 11.5 Å². The Hall–Kier alpha value is -1.69. The minimum atomic E-state index is -0.413. The van der Waals surface area contributed by atoms with Crippen LogP contribution in [0.2, 0.25) is 0 Å². The number of nitro groups is 1. The molecule has 6 heteroatoms. The van der Waals surface area contributed by atoms with Crippen LogP contribution in [0.3, 0.4) is 0 Å². The zero-order valence-corrected chi connectivity index (χ0v) is 11.3. The van der Waals surface area contributed by atoms with Crippen molar-refractivity contribution in [3.63, 3.8) is 0 Å². The van der Waals surface area contributed by atoms with Gasteiger partial charge in [0, 0.05) is 25.1 Å². The molecule has 0 aromatic carbocycles. The van der Waals surface area contributed by atoms with E-state index in [1.54, 1.807) is 13.0 Å². The van der Waals surface area contributed by atoms with E-state index in [0.717, 1.165) is 26.0 Å². The van der Waals surface area contributed by atoms with Gasteiger partial charge in [0.05, 0.1) is 11.0 Å². The second kappa shape index (κ2) is 5.97. The van der Waals surface area contributed by atoms with Crippen LogP contribution in [0.5, 0.6) is 0 Å². The number of hydrogen-bond donors (Lipinski definition) is 1. The molecule has 1 aliphatic rings. The third kappa shape index (κ3) is 3.20. The Balaban J connectivity index is 1.96. The molecule has 1 fully saturated rings. The summed E-state index contributed by atoms with van der Waals surface area (Å²) in [6.07, 6.45) is 2.38. The summed E-state index contributed by atoms with van der Waals surface area (Å²) in [4.78, 5) is 14.5. The third-order valence-corrected chi connectivity index (χ3v) is 3.55. The fraction of sp³-hybridized carbons (Fsp3) is 0.615. The highest BCUT2D eigenvalue weighted by atomic mass is 16.6. The van der Waals surface area contributed by atoms with Crippen molar-refractivity contribution in [1.29, 1.82) is 0 Å². The summed E-state index contributed by atoms with van der Waals surface area (Å²) in [5.41, 5.74) is 0.492. The number of ether oxygens (including phenoxy) is 1. The first-order chi connectivity index (χ1) is 9.11. The standard InChI is InChI=1S/C13H19N3O3/c1-3-12-10(6-7-19-12)8-14-13-5-4-11(16(17)18)9(2)15-13/h4-5,10,12H,3,6-8H2,1-2H3,(H,14,15). The van der Waals surface area contributed by atoms with E-state index in [2.05, 4.69) is 17.2 Å². The monoisotopic (exact) mass is 265 g/mol. The molecule has 2 atom stereocenters. The SMILES string of the molecule is CCC1OCCC1CNc1ccc([N+](=O)[O-])c(C)n1. The second-order valence-corrected chi connectivity index (χ2v) is 4.81. The summed E-state index contributed by atoms with van der Waals surface area (Å²) >= 11 is 0. The van der Waals surface area contributed by atoms with Crippen LogP contribution >= 0.6 is 0 Å². The lowest BCUT2D eigenvalue weighted by molar-refractivity contribution is -0.385. The van der Waals surface area contributed by atoms with E-state index in [9.17, 15) is 10.1 Å². The fourth-order valence-corrected chi connectivity index (χ4v) is 2.46. The van der Waals surface area contributed by atoms with Gasteiger partial charge in [0.15, 0.2) is 0 Å². The van der Waals surface area contributed by atoms with Crippen LogP contribution in [0.4, 0.5) is 11.5 Å². The molecule has 6 nitrogen and oxygen atoms in total. The first-order valence-electron chi connectivity index (χ1n) is 6.59. The first kappa shape index (κ1) is 13.7. The van der Waals surface area contributed by atoms with E-state index in [-0.39, 0.29) is 5.69 Å². The normalized spacial score (nSPS) is 22.4. The summed E-state index contributed by atoms with van der Waals surface area (Å²) in [6.45, 7) is 5.38. The molecule has 1 aromatic rings. The molecule has 0 aliphatic carbocycles. The quantitative estimate of drug-likeness (QED) is 0.654. The molecule has 2 heterocycles. The number of nitrogens with zero attached hydrogens (tertiary/aromatic N) is 2. The van der Waals surface area contributed by atoms with Gasteiger partial charge in [0.25, 0.3) is 5.69 Å². The molecule has 2 rings (SSSR count). The summed E-state index contributed by atoms with van der Waals surface area (Å²) in [5, 5.41) is 14.0. The lowest BCUT2D eigenvalue weighted by Crippen LogP contribution is -2.23. The van der Waals surface area contributed by atoms with Crippen LogP contribution in [-0.4, -0.2) is 29.2 Å². The van der Waals surface area contributed by atoms with Gasteiger partial charge < -0.3 is 10.1 Å². The maximum Gasteiger partial charge on any atom is 0.290 e. The lowest BCUT2D eigenvalue weighted by atomic mass is 10.00. The maximum atomic E-state index is 10.7. The van der Waals surface area contributed by atoms with Crippen LogP contribution in [0, 0.1) is 23.0 Å². The Morgan fingerprint density at radius 3 is 3.00 bits per heavy atom. The summed E-state index contributed by atoms with van der Waals surface area (Å²) in [7, 11) is 0. The van der Waals surface area contributed by atoms with Crippen molar-refractivity contribution in [1.82, 2.24) is 4.98 Å². The van der Waals surface area contributed by atoms with E-state index in [0.29, 0.717) is 23.5 Å². The third-order valence-electron chi connectivity index (χ3n) is 3.55. The summed E-state index contributed by atoms with van der Waals surface area (Å²) in [6, 6.07) is 3.15. The van der Waals surface area contributed by atoms with E-state index in [1.165, 1.54) is 6.07 Å². The molecule has 1 saturated heterocycles. The number of rotatable bonds is 5. The molecule has 0 spiro atoms. The maximum absolute atomic E-state index is 10.7. The highest BCUT2D eigenvalue weighted by Crippen LogP contribution is 2.24. The second-order valence-electron chi connectivity index (χ2n) is 4.81. The average Bonchev–Trinajstić information content (AvgIpc) is 2.83. The molecule has 19 heavy (non-hydrogen) atoms. The highest BCUT2D eigenvalue weighted by Gasteiger charge is 2.26. The highest BCUT2D eigenvalue weighted by molar-refractivity contribution is 5.44. The lowest BCUT2D eigenvalue weighted by Gasteiger charge is -2.17. The topological polar surface area (TPSA) is 77.3 Å². The van der Waals surface area contributed by atoms with Gasteiger partial charge >= 0.3 is 0 Å². The minimum absolute atomic E-state index is 0.0567. The Morgan fingerprint density at radius 2 is 2.37 bits per heavy atom. The molecule has 0 saturated carbocycles. The smallest absolute Gasteiger partial charge is 0.290 e. The van der Waals surface area contributed by atoms with Crippen molar-refractivity contribution >= 4 is 11.5 Å². The number of aryl methyl sites for hydroxylation is 1. The largest absolute Gasteiger partial charge is 0.378 e. The molecule has 104 valence electrons. The van der Waals surface area contributed by atoms with Gasteiger partial charge in [-0.25, -0.2) is 4.98 Å². The molecule has 0 amide bonds. The van der Waals surface area contributed by atoms with Gasteiger partial charge in [-0.1, -0.05) is 6.92 Å². The molecule has 0 bridgehead atoms. The van der Waals surface area contributed by atoms with E-state index in [1.807, 2.05) is 0 Å². The molecule has 2 unspecified atom stereocenters. The molecule has 0 radical (unpaired) electrons. The Bertz CT molecular complexity index is 464. The number of pyridine rings is 1. The van der Waals surface area contributed by atoms with Gasteiger partial charge in [0.2, 0.25) is 0 Å². The minimum Gasteiger partial charge on any atom is -0.378 e. The molecular formula is C13H19N3O3. The van der Waals surface area contributed by atoms with Crippen LogP contribution in [-0.2, 0) is 4.74 Å². The predicted octanol–water partition coefficient (Wildman–Crippen LogP) is 2.53. The van der Waals surface area contributed by atoms with Crippen molar-refractivity contribution in [3.05, 3.63) is 27.9 Å². The van der Waals surface area contributed by atoms with Crippen LogP contribution < -0.4 is 5.32 Å². The molecule has 1 aliphatic heterocycles. The van der Waals surface area contributed by atoms with Crippen LogP contribution in [0.15, 0.2) is 12.1 Å². The van der Waals surface area contributed by atoms with Crippen molar-refractivity contribution < 1.29 is 9.66 Å². The number of anilines is 1. The molecular weight excluding hydrogens is 246 g/mol. The van der Waals surface area contributed by atoms with Gasteiger partial charge in [-0.15, -0.1) is 0 Å². The zero-order chi connectivity index (χ0) is 13.8.